The van der Waals surface area contributed by atoms with Crippen molar-refractivity contribution in [1.29, 1.82) is 5.26 Å². The lowest BCUT2D eigenvalue weighted by molar-refractivity contribution is -0.127. The van der Waals surface area contributed by atoms with Gasteiger partial charge in [-0.25, -0.2) is 0 Å². The van der Waals surface area contributed by atoms with Crippen LogP contribution in [0.1, 0.15) is 58.8 Å². The molecule has 0 saturated heterocycles. The van der Waals surface area contributed by atoms with E-state index < -0.39 is 0 Å². The Kier molecular flexibility index (Phi) is 3.52. The molecule has 20 heavy (non-hydrogen) atoms. The second kappa shape index (κ2) is 5.06. The number of nitriles is 1. The third-order valence-corrected chi connectivity index (χ3v) is 5.82. The predicted molar refractivity (Wildman–Crippen MR) is 77.6 cm³/mol. The average Bonchev–Trinajstić information content (AvgIpc) is 2.33. The van der Waals surface area contributed by atoms with Crippen molar-refractivity contribution in [2.75, 3.05) is 0 Å². The van der Waals surface area contributed by atoms with Crippen molar-refractivity contribution in [2.45, 2.75) is 64.3 Å². The van der Waals surface area contributed by atoms with Gasteiger partial charge in [0.05, 0.1) is 12.0 Å². The summed E-state index contributed by atoms with van der Waals surface area (Å²) in [5, 5.41) is 12.5. The molecule has 1 unspecified atom stereocenters. The van der Waals surface area contributed by atoms with Crippen LogP contribution < -0.4 is 5.32 Å². The van der Waals surface area contributed by atoms with Crippen LogP contribution in [0.2, 0.25) is 0 Å². The van der Waals surface area contributed by atoms with E-state index in [0.717, 1.165) is 17.8 Å². The van der Waals surface area contributed by atoms with Crippen LogP contribution in [0.3, 0.4) is 0 Å². The summed E-state index contributed by atoms with van der Waals surface area (Å²) < 4.78 is 0. The fourth-order valence-corrected chi connectivity index (χ4v) is 5.24. The third-order valence-electron chi connectivity index (χ3n) is 5.82. The fourth-order valence-electron chi connectivity index (χ4n) is 5.24. The van der Waals surface area contributed by atoms with Crippen molar-refractivity contribution >= 4 is 5.91 Å². The maximum Gasteiger partial charge on any atom is 0.221 e. The van der Waals surface area contributed by atoms with Crippen molar-refractivity contribution in [3.8, 4) is 6.07 Å². The molecule has 4 rings (SSSR count). The number of carbonyl (C=O) groups excluding carboxylic acids is 1. The summed E-state index contributed by atoms with van der Waals surface area (Å²) in [6, 6.07) is 2.28. The van der Waals surface area contributed by atoms with Gasteiger partial charge >= 0.3 is 0 Å². The van der Waals surface area contributed by atoms with E-state index >= 15 is 0 Å². The second-order valence-electron chi connectivity index (χ2n) is 7.93. The summed E-state index contributed by atoms with van der Waals surface area (Å²) in [4.78, 5) is 12.3. The molecule has 1 N–H and O–H groups in total. The van der Waals surface area contributed by atoms with Gasteiger partial charge in [0.2, 0.25) is 5.91 Å². The summed E-state index contributed by atoms with van der Waals surface area (Å²) in [5.74, 6) is 2.74. The minimum atomic E-state index is -0.149. The molecule has 0 spiro atoms. The molecule has 0 radical (unpaired) electrons. The van der Waals surface area contributed by atoms with Gasteiger partial charge in [0.1, 0.15) is 0 Å². The summed E-state index contributed by atoms with van der Waals surface area (Å²) >= 11 is 0. The summed E-state index contributed by atoms with van der Waals surface area (Å²) in [6.45, 7) is 4.04. The van der Waals surface area contributed by atoms with Gasteiger partial charge in [0.15, 0.2) is 0 Å². The van der Waals surface area contributed by atoms with E-state index in [-0.39, 0.29) is 23.3 Å². The predicted octanol–water partition coefficient (Wildman–Crippen LogP) is 3.26. The zero-order valence-corrected chi connectivity index (χ0v) is 12.7. The van der Waals surface area contributed by atoms with Gasteiger partial charge < -0.3 is 5.32 Å². The Labute approximate surface area is 122 Å². The largest absolute Gasteiger partial charge is 0.351 e. The highest BCUT2D eigenvalue weighted by molar-refractivity contribution is 5.77. The lowest BCUT2D eigenvalue weighted by Gasteiger charge is -2.57. The van der Waals surface area contributed by atoms with Gasteiger partial charge in [-0.3, -0.25) is 4.79 Å². The van der Waals surface area contributed by atoms with Crippen LogP contribution in [0, 0.1) is 40.9 Å². The molecule has 4 fully saturated rings. The Hall–Kier alpha value is -1.04. The normalized spacial score (nSPS) is 39.6. The second-order valence-corrected chi connectivity index (χ2v) is 7.93. The first-order chi connectivity index (χ1) is 9.49. The van der Waals surface area contributed by atoms with E-state index in [1.807, 2.05) is 13.8 Å². The molecule has 3 nitrogen and oxygen atoms in total. The van der Waals surface area contributed by atoms with Crippen molar-refractivity contribution in [3.63, 3.8) is 0 Å². The molecule has 1 amide bonds. The molecule has 4 aliphatic rings. The highest BCUT2D eigenvalue weighted by Crippen LogP contribution is 2.55. The van der Waals surface area contributed by atoms with Crippen molar-refractivity contribution < 1.29 is 4.79 Å². The standard InChI is InChI=1S/C17H26N2O/c1-11(2)15(10-18)6-16(20)19-17-7-12-3-13(8-17)5-14(4-12)9-17/h11-15H,3-9H2,1-2H3,(H,19,20). The molecular weight excluding hydrogens is 248 g/mol. The molecule has 0 aliphatic heterocycles. The molecule has 0 heterocycles. The maximum absolute atomic E-state index is 12.3. The number of nitrogens with one attached hydrogen (secondary N) is 1. The van der Waals surface area contributed by atoms with Gasteiger partial charge in [0, 0.05) is 12.0 Å². The highest BCUT2D eigenvalue weighted by Gasteiger charge is 2.51. The summed E-state index contributed by atoms with van der Waals surface area (Å²) in [7, 11) is 0. The molecule has 0 aromatic heterocycles. The van der Waals surface area contributed by atoms with E-state index in [4.69, 9.17) is 5.26 Å². The highest BCUT2D eigenvalue weighted by atomic mass is 16.1. The first kappa shape index (κ1) is 13.9. The Balaban J connectivity index is 1.63. The zero-order chi connectivity index (χ0) is 14.3. The molecule has 1 atom stereocenters. The van der Waals surface area contributed by atoms with Gasteiger partial charge in [-0.1, -0.05) is 13.8 Å². The monoisotopic (exact) mass is 274 g/mol. The minimum Gasteiger partial charge on any atom is -0.351 e. The van der Waals surface area contributed by atoms with Crippen molar-refractivity contribution in [2.24, 2.45) is 29.6 Å². The van der Waals surface area contributed by atoms with E-state index in [9.17, 15) is 4.79 Å². The Morgan fingerprint density at radius 1 is 1.20 bits per heavy atom. The minimum absolute atomic E-state index is 0.0861. The first-order valence-corrected chi connectivity index (χ1v) is 8.20. The van der Waals surface area contributed by atoms with Crippen LogP contribution in [-0.4, -0.2) is 11.4 Å². The summed E-state index contributed by atoms with van der Waals surface area (Å²) in [6.07, 6.45) is 8.10. The number of hydrogen-bond acceptors (Lipinski definition) is 2. The van der Waals surface area contributed by atoms with E-state index in [0.29, 0.717) is 6.42 Å². The van der Waals surface area contributed by atoms with Crippen LogP contribution in [0.15, 0.2) is 0 Å². The molecule has 0 aromatic carbocycles. The Bertz CT molecular complexity index is 399. The third kappa shape index (κ3) is 2.57. The number of hydrogen-bond donors (Lipinski definition) is 1. The molecular formula is C17H26N2O. The SMILES string of the molecule is CC(C)C(C#N)CC(=O)NC12CC3CC(CC(C3)C1)C2. The zero-order valence-electron chi connectivity index (χ0n) is 12.7. The van der Waals surface area contributed by atoms with Crippen molar-refractivity contribution in [3.05, 3.63) is 0 Å². The van der Waals surface area contributed by atoms with E-state index in [1.54, 1.807) is 0 Å². The Morgan fingerprint density at radius 2 is 1.70 bits per heavy atom. The van der Waals surface area contributed by atoms with Gasteiger partial charge in [0.25, 0.3) is 0 Å². The van der Waals surface area contributed by atoms with Gasteiger partial charge in [-0.2, -0.15) is 5.26 Å². The molecule has 3 heteroatoms. The Morgan fingerprint density at radius 3 is 2.10 bits per heavy atom. The van der Waals surface area contributed by atoms with Crippen LogP contribution in [0.5, 0.6) is 0 Å². The molecule has 4 saturated carbocycles. The number of rotatable bonds is 4. The number of carbonyl (C=O) groups is 1. The smallest absolute Gasteiger partial charge is 0.221 e. The van der Waals surface area contributed by atoms with Crippen LogP contribution >= 0.6 is 0 Å². The quantitative estimate of drug-likeness (QED) is 0.855. The molecule has 4 aliphatic carbocycles. The lowest BCUT2D eigenvalue weighted by Crippen LogP contribution is -2.60. The fraction of sp³-hybridized carbons (Fsp3) is 0.882. The molecule has 110 valence electrons. The average molecular weight is 274 g/mol. The lowest BCUT2D eigenvalue weighted by atomic mass is 9.53. The topological polar surface area (TPSA) is 52.9 Å². The maximum atomic E-state index is 12.3. The number of nitrogens with zero attached hydrogens (tertiary/aromatic N) is 1. The first-order valence-electron chi connectivity index (χ1n) is 8.20. The van der Waals surface area contributed by atoms with Gasteiger partial charge in [-0.05, 0) is 62.2 Å². The van der Waals surface area contributed by atoms with Crippen LogP contribution in [0.4, 0.5) is 0 Å². The van der Waals surface area contributed by atoms with Crippen molar-refractivity contribution in [1.82, 2.24) is 5.32 Å². The van der Waals surface area contributed by atoms with Crippen LogP contribution in [0.25, 0.3) is 0 Å². The van der Waals surface area contributed by atoms with Gasteiger partial charge in [-0.15, -0.1) is 0 Å². The van der Waals surface area contributed by atoms with E-state index in [1.165, 1.54) is 38.5 Å². The molecule has 4 bridgehead atoms. The summed E-state index contributed by atoms with van der Waals surface area (Å²) in [5.41, 5.74) is 0.0861. The number of amides is 1. The van der Waals surface area contributed by atoms with Crippen LogP contribution in [-0.2, 0) is 4.79 Å². The molecule has 0 aromatic rings. The van der Waals surface area contributed by atoms with E-state index in [2.05, 4.69) is 11.4 Å².